The number of aromatic hydroxyl groups is 3. The number of hydrogen-bond acceptors (Lipinski definition) is 6. The number of phenols is 3. The molecule has 0 saturated carbocycles. The maximum Gasteiger partial charge on any atom is 0.204 e. The molecule has 1 heterocycles. The van der Waals surface area contributed by atoms with Crippen LogP contribution >= 0.6 is 0 Å². The lowest BCUT2D eigenvalue weighted by Gasteiger charge is -2.06. The molecule has 6 heteroatoms. The third-order valence-corrected chi connectivity index (χ3v) is 3.31. The third-order valence-electron chi connectivity index (χ3n) is 3.31. The number of benzene rings is 2. The van der Waals surface area contributed by atoms with Crippen molar-refractivity contribution in [3.05, 3.63) is 52.4 Å². The van der Waals surface area contributed by atoms with Crippen molar-refractivity contribution >= 4 is 17.3 Å². The normalized spacial score (nSPS) is 10.7. The van der Waals surface area contributed by atoms with E-state index in [0.717, 1.165) is 6.07 Å². The highest BCUT2D eigenvalue weighted by molar-refractivity contribution is 5.89. The lowest BCUT2D eigenvalue weighted by molar-refractivity contribution is 0.112. The van der Waals surface area contributed by atoms with Crippen molar-refractivity contribution in [2.45, 2.75) is 0 Å². The summed E-state index contributed by atoms with van der Waals surface area (Å²) in [5, 5.41) is 28.7. The average molecular weight is 298 g/mol. The monoisotopic (exact) mass is 298 g/mol. The topological polar surface area (TPSA) is 108 Å². The molecule has 0 saturated heterocycles. The highest BCUT2D eigenvalue weighted by atomic mass is 16.3. The summed E-state index contributed by atoms with van der Waals surface area (Å²) in [6.45, 7) is 0. The van der Waals surface area contributed by atoms with E-state index in [9.17, 15) is 24.9 Å². The molecule has 6 nitrogen and oxygen atoms in total. The molecule has 22 heavy (non-hydrogen) atoms. The lowest BCUT2D eigenvalue weighted by atomic mass is 10.0. The summed E-state index contributed by atoms with van der Waals surface area (Å²) in [7, 11) is 0. The van der Waals surface area contributed by atoms with Crippen LogP contribution in [0.25, 0.3) is 22.1 Å². The van der Waals surface area contributed by atoms with Crippen molar-refractivity contribution in [1.29, 1.82) is 0 Å². The van der Waals surface area contributed by atoms with Crippen LogP contribution in [0.4, 0.5) is 0 Å². The number of hydrogen-bond donors (Lipinski definition) is 3. The summed E-state index contributed by atoms with van der Waals surface area (Å²) in [6.07, 6.45) is 1.64. The molecule has 0 atom stereocenters. The largest absolute Gasteiger partial charge is 0.508 e. The van der Waals surface area contributed by atoms with Gasteiger partial charge in [0, 0.05) is 12.1 Å². The number of aldehydes is 1. The molecule has 0 aliphatic rings. The van der Waals surface area contributed by atoms with E-state index in [0.29, 0.717) is 11.8 Å². The fourth-order valence-corrected chi connectivity index (χ4v) is 2.23. The molecule has 3 rings (SSSR count). The Bertz CT molecular complexity index is 955. The van der Waals surface area contributed by atoms with Gasteiger partial charge >= 0.3 is 0 Å². The van der Waals surface area contributed by atoms with E-state index in [-0.39, 0.29) is 33.6 Å². The maximum atomic E-state index is 12.5. The van der Waals surface area contributed by atoms with E-state index >= 15 is 0 Å². The van der Waals surface area contributed by atoms with Crippen LogP contribution in [0.15, 0.2) is 45.8 Å². The number of rotatable bonds is 2. The van der Waals surface area contributed by atoms with Gasteiger partial charge in [0.2, 0.25) is 5.43 Å². The summed E-state index contributed by atoms with van der Waals surface area (Å²) in [4.78, 5) is 23.4. The zero-order valence-corrected chi connectivity index (χ0v) is 11.1. The second kappa shape index (κ2) is 4.92. The fraction of sp³-hybridized carbons (Fsp3) is 0. The van der Waals surface area contributed by atoms with Gasteiger partial charge in [0.15, 0.2) is 6.29 Å². The van der Waals surface area contributed by atoms with Crippen molar-refractivity contribution in [3.8, 4) is 28.4 Å². The summed E-state index contributed by atoms with van der Waals surface area (Å²) in [6, 6.07) is 6.35. The van der Waals surface area contributed by atoms with Crippen LogP contribution in [0.5, 0.6) is 17.2 Å². The van der Waals surface area contributed by atoms with Crippen molar-refractivity contribution < 1.29 is 24.5 Å². The lowest BCUT2D eigenvalue weighted by Crippen LogP contribution is -2.05. The van der Waals surface area contributed by atoms with Gasteiger partial charge in [0.1, 0.15) is 34.5 Å². The minimum atomic E-state index is -0.513. The Hall–Kier alpha value is -3.28. The molecule has 2 aromatic carbocycles. The second-order valence-corrected chi connectivity index (χ2v) is 4.71. The molecular formula is C16H10O6. The predicted molar refractivity (Wildman–Crippen MR) is 78.3 cm³/mol. The highest BCUT2D eigenvalue weighted by Crippen LogP contribution is 2.30. The predicted octanol–water partition coefficient (Wildman–Crippen LogP) is 2.39. The average Bonchev–Trinajstić information content (AvgIpc) is 2.47. The maximum absolute atomic E-state index is 12.5. The molecule has 0 fully saturated rings. The van der Waals surface area contributed by atoms with E-state index in [1.54, 1.807) is 0 Å². The van der Waals surface area contributed by atoms with Crippen LogP contribution in [0.3, 0.4) is 0 Å². The molecule has 110 valence electrons. The number of carbonyl (C=O) groups is 1. The smallest absolute Gasteiger partial charge is 0.204 e. The van der Waals surface area contributed by atoms with E-state index in [1.165, 1.54) is 30.5 Å². The van der Waals surface area contributed by atoms with Crippen LogP contribution in [0.2, 0.25) is 0 Å². The molecule has 0 radical (unpaired) electrons. The second-order valence-electron chi connectivity index (χ2n) is 4.71. The zero-order valence-electron chi connectivity index (χ0n) is 11.1. The standard InChI is InChI=1S/C16H10O6/c17-6-9-3-8(1-2-12(9)19)11-7-22-14-5-10(18)4-13(20)15(14)16(11)21/h1-7,18-20H. The van der Waals surface area contributed by atoms with E-state index < -0.39 is 11.2 Å². The Morgan fingerprint density at radius 1 is 1.00 bits per heavy atom. The first-order valence-corrected chi connectivity index (χ1v) is 6.27. The summed E-state index contributed by atoms with van der Waals surface area (Å²) in [5.74, 6) is -0.828. The molecule has 0 aliphatic heterocycles. The van der Waals surface area contributed by atoms with Crippen LogP contribution in [0, 0.1) is 0 Å². The number of phenolic OH excluding ortho intramolecular Hbond substituents is 3. The quantitative estimate of drug-likeness (QED) is 0.627. The first-order chi connectivity index (χ1) is 10.5. The minimum absolute atomic E-state index is 0.0342. The molecule has 0 unspecified atom stereocenters. The van der Waals surface area contributed by atoms with Crippen molar-refractivity contribution in [2.75, 3.05) is 0 Å². The summed E-state index contributed by atoms with van der Waals surface area (Å²) in [5.41, 5.74) is 0.0495. The molecule has 0 bridgehead atoms. The summed E-state index contributed by atoms with van der Waals surface area (Å²) >= 11 is 0. The van der Waals surface area contributed by atoms with Gasteiger partial charge in [-0.1, -0.05) is 6.07 Å². The van der Waals surface area contributed by atoms with Gasteiger partial charge in [0.05, 0.1) is 11.1 Å². The number of carbonyl (C=O) groups excluding carboxylic acids is 1. The zero-order chi connectivity index (χ0) is 15.9. The van der Waals surface area contributed by atoms with Gasteiger partial charge < -0.3 is 19.7 Å². The first kappa shape index (κ1) is 13.7. The Balaban J connectivity index is 2.31. The molecule has 3 N–H and O–H groups in total. The van der Waals surface area contributed by atoms with Gasteiger partial charge in [-0.2, -0.15) is 0 Å². The Kier molecular flexibility index (Phi) is 3.06. The third kappa shape index (κ3) is 2.07. The van der Waals surface area contributed by atoms with Crippen molar-refractivity contribution in [2.24, 2.45) is 0 Å². The van der Waals surface area contributed by atoms with Crippen LogP contribution < -0.4 is 5.43 Å². The molecule has 0 aliphatic carbocycles. The number of fused-ring (bicyclic) bond motifs is 1. The highest BCUT2D eigenvalue weighted by Gasteiger charge is 2.14. The minimum Gasteiger partial charge on any atom is -0.508 e. The Labute approximate surface area is 123 Å². The molecule has 1 aromatic heterocycles. The van der Waals surface area contributed by atoms with E-state index in [4.69, 9.17) is 4.42 Å². The van der Waals surface area contributed by atoms with Crippen LogP contribution in [0.1, 0.15) is 10.4 Å². The Morgan fingerprint density at radius 3 is 2.50 bits per heavy atom. The van der Waals surface area contributed by atoms with Gasteiger partial charge in [-0.15, -0.1) is 0 Å². The van der Waals surface area contributed by atoms with Crippen molar-refractivity contribution in [3.63, 3.8) is 0 Å². The van der Waals surface area contributed by atoms with Crippen molar-refractivity contribution in [1.82, 2.24) is 0 Å². The van der Waals surface area contributed by atoms with Gasteiger partial charge in [-0.25, -0.2) is 0 Å². The van der Waals surface area contributed by atoms with Gasteiger partial charge in [-0.05, 0) is 17.7 Å². The van der Waals surface area contributed by atoms with Crippen LogP contribution in [-0.4, -0.2) is 21.6 Å². The fourth-order valence-electron chi connectivity index (χ4n) is 2.23. The van der Waals surface area contributed by atoms with Crippen LogP contribution in [-0.2, 0) is 0 Å². The molecular weight excluding hydrogens is 288 g/mol. The van der Waals surface area contributed by atoms with Gasteiger partial charge in [0.25, 0.3) is 0 Å². The molecule has 0 amide bonds. The molecule has 3 aromatic rings. The molecule has 0 spiro atoms. The van der Waals surface area contributed by atoms with E-state index in [2.05, 4.69) is 0 Å². The first-order valence-electron chi connectivity index (χ1n) is 6.27. The van der Waals surface area contributed by atoms with E-state index in [1.807, 2.05) is 0 Å². The SMILES string of the molecule is O=Cc1cc(-c2coc3cc(O)cc(O)c3c2=O)ccc1O. The summed E-state index contributed by atoms with van der Waals surface area (Å²) < 4.78 is 5.27. The Morgan fingerprint density at radius 2 is 1.77 bits per heavy atom. The van der Waals surface area contributed by atoms with Gasteiger partial charge in [-0.3, -0.25) is 9.59 Å².